The number of piperidine rings is 2. The first-order valence-corrected chi connectivity index (χ1v) is 9.57. The molecule has 0 saturated carbocycles. The first-order valence-electron chi connectivity index (χ1n) is 9.57. The van der Waals surface area contributed by atoms with Crippen LogP contribution in [0.4, 0.5) is 0 Å². The maximum absolute atomic E-state index is 12.5. The van der Waals surface area contributed by atoms with Gasteiger partial charge in [0.25, 0.3) is 0 Å². The van der Waals surface area contributed by atoms with Gasteiger partial charge >= 0.3 is 0 Å². The normalized spacial score (nSPS) is 24.1. The monoisotopic (exact) mass is 322 g/mol. The van der Waals surface area contributed by atoms with Crippen LogP contribution in [0.5, 0.6) is 0 Å². The van der Waals surface area contributed by atoms with Gasteiger partial charge in [-0.3, -0.25) is 4.79 Å². The Morgan fingerprint density at radius 2 is 1.39 bits per heavy atom. The number of nitrogens with zero attached hydrogens (tertiary/aromatic N) is 2. The summed E-state index contributed by atoms with van der Waals surface area (Å²) in [5, 5.41) is 0. The van der Waals surface area contributed by atoms with Gasteiger partial charge in [-0.2, -0.15) is 0 Å². The van der Waals surface area contributed by atoms with Gasteiger partial charge in [-0.05, 0) is 57.3 Å². The molecule has 0 aromatic carbocycles. The fourth-order valence-electron chi connectivity index (χ4n) is 4.25. The molecule has 0 spiro atoms. The highest BCUT2D eigenvalue weighted by molar-refractivity contribution is 5.86. The Balaban J connectivity index is 1.76. The van der Waals surface area contributed by atoms with E-state index in [9.17, 15) is 4.79 Å². The molecule has 23 heavy (non-hydrogen) atoms. The van der Waals surface area contributed by atoms with Crippen molar-refractivity contribution < 1.29 is 4.79 Å². The number of carbonyl (C=O) groups excluding carboxylic acids is 1. The average molecular weight is 323 g/mol. The molecule has 0 aromatic rings. The summed E-state index contributed by atoms with van der Waals surface area (Å²) in [5.41, 5.74) is 0.226. The number of likely N-dealkylation sites (tertiary alicyclic amines) is 2. The first-order chi connectivity index (χ1) is 10.6. The summed E-state index contributed by atoms with van der Waals surface area (Å²) in [6.45, 7) is 19.1. The third kappa shape index (κ3) is 5.56. The van der Waals surface area contributed by atoms with Gasteiger partial charge in [-0.1, -0.05) is 41.5 Å². The van der Waals surface area contributed by atoms with E-state index < -0.39 is 0 Å². The van der Waals surface area contributed by atoms with E-state index in [1.165, 1.54) is 32.5 Å². The van der Waals surface area contributed by atoms with Crippen LogP contribution in [0.2, 0.25) is 0 Å². The molecule has 0 N–H and O–H groups in total. The molecule has 2 heterocycles. The highest BCUT2D eigenvalue weighted by atomic mass is 16.1. The molecular formula is C20H38N2O. The fourth-order valence-corrected chi connectivity index (χ4v) is 4.25. The van der Waals surface area contributed by atoms with Crippen LogP contribution >= 0.6 is 0 Å². The molecule has 0 atom stereocenters. The van der Waals surface area contributed by atoms with Gasteiger partial charge in [0.2, 0.25) is 0 Å². The van der Waals surface area contributed by atoms with E-state index in [1.807, 2.05) is 0 Å². The van der Waals surface area contributed by atoms with Crippen molar-refractivity contribution in [2.75, 3.05) is 32.7 Å². The van der Waals surface area contributed by atoms with Crippen LogP contribution in [-0.2, 0) is 4.79 Å². The molecule has 2 rings (SSSR count). The van der Waals surface area contributed by atoms with Crippen molar-refractivity contribution in [1.29, 1.82) is 0 Å². The van der Waals surface area contributed by atoms with E-state index in [1.54, 1.807) is 0 Å². The lowest BCUT2D eigenvalue weighted by Gasteiger charge is -2.43. The zero-order valence-electron chi connectivity index (χ0n) is 16.3. The first kappa shape index (κ1) is 18.9. The van der Waals surface area contributed by atoms with Gasteiger partial charge in [-0.25, -0.2) is 0 Å². The third-order valence-electron chi connectivity index (χ3n) is 5.41. The highest BCUT2D eigenvalue weighted by Crippen LogP contribution is 2.30. The molecular weight excluding hydrogens is 284 g/mol. The third-order valence-corrected chi connectivity index (χ3v) is 5.41. The largest absolute Gasteiger partial charge is 0.303 e. The maximum Gasteiger partial charge on any atom is 0.141 e. The van der Waals surface area contributed by atoms with E-state index in [0.717, 1.165) is 32.0 Å². The summed E-state index contributed by atoms with van der Waals surface area (Å²) in [4.78, 5) is 17.8. The maximum atomic E-state index is 12.5. The molecule has 2 aliphatic heterocycles. The van der Waals surface area contributed by atoms with Crippen molar-refractivity contribution in [3.05, 3.63) is 0 Å². The second kappa shape index (κ2) is 7.23. The van der Waals surface area contributed by atoms with Crippen LogP contribution in [0.1, 0.15) is 67.2 Å². The predicted molar refractivity (Wildman–Crippen MR) is 97.7 cm³/mol. The fraction of sp³-hybridized carbons (Fsp3) is 0.950. The minimum atomic E-state index is -0.175. The molecule has 0 aromatic heterocycles. The second-order valence-electron chi connectivity index (χ2n) is 9.99. The summed E-state index contributed by atoms with van der Waals surface area (Å²) in [6, 6.07) is 0.747. The van der Waals surface area contributed by atoms with E-state index >= 15 is 0 Å². The van der Waals surface area contributed by atoms with Crippen LogP contribution in [0.25, 0.3) is 0 Å². The van der Waals surface area contributed by atoms with E-state index in [2.05, 4.69) is 51.3 Å². The van der Waals surface area contributed by atoms with Crippen LogP contribution in [0.3, 0.4) is 0 Å². The summed E-state index contributed by atoms with van der Waals surface area (Å²) in [5.74, 6) is 0.768. The number of Topliss-reactive ketones (excluding diaryl/α,β-unsaturated/α-hetero) is 1. The molecule has 3 nitrogen and oxygen atoms in total. The van der Waals surface area contributed by atoms with E-state index in [0.29, 0.717) is 17.1 Å². The Morgan fingerprint density at radius 3 is 1.83 bits per heavy atom. The summed E-state index contributed by atoms with van der Waals surface area (Å²) < 4.78 is 0. The second-order valence-corrected chi connectivity index (χ2v) is 9.99. The van der Waals surface area contributed by atoms with Crippen molar-refractivity contribution in [3.8, 4) is 0 Å². The zero-order valence-corrected chi connectivity index (χ0v) is 16.3. The number of hydrogen-bond donors (Lipinski definition) is 0. The lowest BCUT2D eigenvalue weighted by molar-refractivity contribution is -0.132. The van der Waals surface area contributed by atoms with Crippen molar-refractivity contribution in [1.82, 2.24) is 9.80 Å². The van der Waals surface area contributed by atoms with Gasteiger partial charge in [0.15, 0.2) is 0 Å². The van der Waals surface area contributed by atoms with Crippen molar-refractivity contribution in [2.24, 2.45) is 16.7 Å². The van der Waals surface area contributed by atoms with Crippen LogP contribution in [0.15, 0.2) is 0 Å². The Bertz CT molecular complexity index is 389. The van der Waals surface area contributed by atoms with Gasteiger partial charge in [0.05, 0.1) is 0 Å². The highest BCUT2D eigenvalue weighted by Gasteiger charge is 2.34. The molecule has 3 heteroatoms. The molecule has 2 saturated heterocycles. The van der Waals surface area contributed by atoms with E-state index in [-0.39, 0.29) is 5.41 Å². The lowest BCUT2D eigenvalue weighted by Crippen LogP contribution is -2.50. The predicted octanol–water partition coefficient (Wildman–Crippen LogP) is 3.82. The average Bonchev–Trinajstić information content (AvgIpc) is 2.45. The summed E-state index contributed by atoms with van der Waals surface area (Å²) >= 11 is 0. The standard InChI is InChI=1S/C20H38N2O/c1-19(2,3)15-21-11-9-17(10-12-21)22-13-7-16(8-14-22)18(23)20(4,5)6/h16-17H,7-15H2,1-6H3. The Morgan fingerprint density at radius 1 is 0.870 bits per heavy atom. The molecule has 0 radical (unpaired) electrons. The van der Waals surface area contributed by atoms with Crippen molar-refractivity contribution in [3.63, 3.8) is 0 Å². The molecule has 134 valence electrons. The quantitative estimate of drug-likeness (QED) is 0.789. The van der Waals surface area contributed by atoms with Crippen molar-refractivity contribution >= 4 is 5.78 Å². The van der Waals surface area contributed by atoms with Crippen molar-refractivity contribution in [2.45, 2.75) is 73.3 Å². The molecule has 2 aliphatic rings. The number of rotatable bonds is 3. The van der Waals surface area contributed by atoms with Crippen LogP contribution in [0, 0.1) is 16.7 Å². The zero-order chi connectivity index (χ0) is 17.3. The summed E-state index contributed by atoms with van der Waals surface area (Å²) in [6.07, 6.45) is 4.73. The molecule has 0 bridgehead atoms. The molecule has 2 fully saturated rings. The smallest absolute Gasteiger partial charge is 0.141 e. The Hall–Kier alpha value is -0.410. The minimum absolute atomic E-state index is 0.175. The van der Waals surface area contributed by atoms with Crippen LogP contribution in [-0.4, -0.2) is 54.3 Å². The number of hydrogen-bond acceptors (Lipinski definition) is 3. The topological polar surface area (TPSA) is 23.6 Å². The number of ketones is 1. The Kier molecular flexibility index (Phi) is 5.94. The van der Waals surface area contributed by atoms with Gasteiger partial charge in [-0.15, -0.1) is 0 Å². The van der Waals surface area contributed by atoms with Gasteiger partial charge < -0.3 is 9.80 Å². The number of carbonyl (C=O) groups is 1. The summed E-state index contributed by atoms with van der Waals surface area (Å²) in [7, 11) is 0. The van der Waals surface area contributed by atoms with Crippen LogP contribution < -0.4 is 0 Å². The molecule has 0 unspecified atom stereocenters. The molecule has 0 amide bonds. The van der Waals surface area contributed by atoms with E-state index in [4.69, 9.17) is 0 Å². The van der Waals surface area contributed by atoms with Gasteiger partial charge in [0.1, 0.15) is 5.78 Å². The SMILES string of the molecule is CC(C)(C)CN1CCC(N2CCC(C(=O)C(C)(C)C)CC2)CC1. The Labute approximate surface area is 143 Å². The lowest BCUT2D eigenvalue weighted by atomic mass is 9.78. The van der Waals surface area contributed by atoms with Gasteiger partial charge in [0, 0.05) is 23.9 Å². The molecule has 0 aliphatic carbocycles. The minimum Gasteiger partial charge on any atom is -0.303 e.